The second-order valence-corrected chi connectivity index (χ2v) is 3.35. The van der Waals surface area contributed by atoms with Gasteiger partial charge in [0.1, 0.15) is 0 Å². The average Bonchev–Trinajstić information content (AvgIpc) is 2.20. The number of hydrogen-bond acceptors (Lipinski definition) is 2. The summed E-state index contributed by atoms with van der Waals surface area (Å²) in [5.41, 5.74) is 0.0730. The Bertz CT molecular complexity index is 319. The van der Waals surface area contributed by atoms with Crippen molar-refractivity contribution in [1.82, 2.24) is 9.88 Å². The number of hydrogen-bond donors (Lipinski definition) is 1. The maximum Gasteiger partial charge on any atom is 0.250 e. The van der Waals surface area contributed by atoms with Crippen LogP contribution in [0.2, 0.25) is 0 Å². The molecule has 1 aromatic rings. The lowest BCUT2D eigenvalue weighted by atomic mass is 10.2. The fourth-order valence-corrected chi connectivity index (χ4v) is 1.48. The van der Waals surface area contributed by atoms with Crippen LogP contribution in [0, 0.1) is 0 Å². The number of rotatable bonds is 5. The topological polar surface area (TPSA) is 34.0 Å². The van der Waals surface area contributed by atoms with Crippen LogP contribution in [0.15, 0.2) is 29.2 Å². The average molecular weight is 194 g/mol. The molecule has 14 heavy (non-hydrogen) atoms. The highest BCUT2D eigenvalue weighted by Crippen LogP contribution is 1.94. The molecule has 0 spiro atoms. The molecule has 3 nitrogen and oxygen atoms in total. The molecule has 1 N–H and O–H groups in total. The van der Waals surface area contributed by atoms with Gasteiger partial charge in [-0.1, -0.05) is 19.9 Å². The van der Waals surface area contributed by atoms with E-state index in [1.165, 1.54) is 0 Å². The zero-order chi connectivity index (χ0) is 10.4. The molecule has 78 valence electrons. The molecule has 1 aromatic heterocycles. The molecule has 1 atom stereocenters. The monoisotopic (exact) mass is 194 g/mol. The molecular formula is C11H18N2O. The first-order chi connectivity index (χ1) is 6.77. The van der Waals surface area contributed by atoms with Crippen LogP contribution < -0.4 is 10.9 Å². The Morgan fingerprint density at radius 2 is 2.21 bits per heavy atom. The van der Waals surface area contributed by atoms with E-state index in [-0.39, 0.29) is 5.56 Å². The lowest BCUT2D eigenvalue weighted by Crippen LogP contribution is -2.35. The number of likely N-dealkylation sites (N-methyl/N-ethyl adjacent to an activating group) is 1. The second kappa shape index (κ2) is 5.60. The van der Waals surface area contributed by atoms with E-state index in [1.54, 1.807) is 16.7 Å². The number of nitrogens with zero attached hydrogens (tertiary/aromatic N) is 1. The fourth-order valence-electron chi connectivity index (χ4n) is 1.48. The van der Waals surface area contributed by atoms with Gasteiger partial charge in [-0.2, -0.15) is 0 Å². The maximum atomic E-state index is 11.4. The Labute approximate surface area is 84.8 Å². The van der Waals surface area contributed by atoms with Gasteiger partial charge >= 0.3 is 0 Å². The highest BCUT2D eigenvalue weighted by atomic mass is 16.1. The van der Waals surface area contributed by atoms with Gasteiger partial charge in [0.15, 0.2) is 0 Å². The summed E-state index contributed by atoms with van der Waals surface area (Å²) in [6.07, 6.45) is 2.87. The van der Waals surface area contributed by atoms with Crippen LogP contribution in [-0.4, -0.2) is 17.2 Å². The molecule has 0 fully saturated rings. The van der Waals surface area contributed by atoms with Crippen LogP contribution in [0.3, 0.4) is 0 Å². The van der Waals surface area contributed by atoms with Crippen LogP contribution in [0.5, 0.6) is 0 Å². The molecule has 0 aliphatic carbocycles. The molecule has 1 heterocycles. The minimum absolute atomic E-state index is 0.0730. The van der Waals surface area contributed by atoms with E-state index in [4.69, 9.17) is 0 Å². The predicted octanol–water partition coefficient (Wildman–Crippen LogP) is 1.24. The molecular weight excluding hydrogens is 176 g/mol. The summed E-state index contributed by atoms with van der Waals surface area (Å²) in [6, 6.07) is 5.64. The van der Waals surface area contributed by atoms with Crippen LogP contribution in [0.25, 0.3) is 0 Å². The highest BCUT2D eigenvalue weighted by Gasteiger charge is 2.05. The van der Waals surface area contributed by atoms with Crippen LogP contribution >= 0.6 is 0 Å². The first-order valence-corrected chi connectivity index (χ1v) is 5.16. The third-order valence-corrected chi connectivity index (χ3v) is 2.30. The standard InChI is InChI=1S/C11H18N2O/c1-3-10(12-4-2)9-13-8-6-5-7-11(13)14/h5-8,10,12H,3-4,9H2,1-2H3. The van der Waals surface area contributed by atoms with Crippen molar-refractivity contribution in [3.05, 3.63) is 34.7 Å². The van der Waals surface area contributed by atoms with E-state index in [0.717, 1.165) is 19.5 Å². The summed E-state index contributed by atoms with van der Waals surface area (Å²) in [6.45, 7) is 5.90. The van der Waals surface area contributed by atoms with Crippen molar-refractivity contribution in [3.63, 3.8) is 0 Å². The van der Waals surface area contributed by atoms with Crippen molar-refractivity contribution in [2.24, 2.45) is 0 Å². The van der Waals surface area contributed by atoms with E-state index in [1.807, 2.05) is 12.3 Å². The third kappa shape index (κ3) is 3.00. The van der Waals surface area contributed by atoms with Gasteiger partial charge < -0.3 is 9.88 Å². The first kappa shape index (κ1) is 11.0. The smallest absolute Gasteiger partial charge is 0.250 e. The molecule has 0 radical (unpaired) electrons. The van der Waals surface area contributed by atoms with Gasteiger partial charge in [-0.3, -0.25) is 4.79 Å². The summed E-state index contributed by atoms with van der Waals surface area (Å²) >= 11 is 0. The second-order valence-electron chi connectivity index (χ2n) is 3.35. The third-order valence-electron chi connectivity index (χ3n) is 2.30. The van der Waals surface area contributed by atoms with Crippen molar-refractivity contribution in [3.8, 4) is 0 Å². The molecule has 0 bridgehead atoms. The van der Waals surface area contributed by atoms with Crippen molar-refractivity contribution < 1.29 is 0 Å². The van der Waals surface area contributed by atoms with Gasteiger partial charge in [0.05, 0.1) is 0 Å². The fraction of sp³-hybridized carbons (Fsp3) is 0.545. The van der Waals surface area contributed by atoms with Crippen LogP contribution in [0.4, 0.5) is 0 Å². The first-order valence-electron chi connectivity index (χ1n) is 5.16. The van der Waals surface area contributed by atoms with E-state index in [0.29, 0.717) is 6.04 Å². The summed E-state index contributed by atoms with van der Waals surface area (Å²) < 4.78 is 1.75. The SMILES string of the molecule is CCNC(CC)Cn1ccccc1=O. The Morgan fingerprint density at radius 3 is 2.79 bits per heavy atom. The minimum Gasteiger partial charge on any atom is -0.314 e. The predicted molar refractivity (Wildman–Crippen MR) is 58.5 cm³/mol. The molecule has 3 heteroatoms. The van der Waals surface area contributed by atoms with Crippen molar-refractivity contribution in [2.75, 3.05) is 6.54 Å². The summed E-state index contributed by atoms with van der Waals surface area (Å²) in [7, 11) is 0. The maximum absolute atomic E-state index is 11.4. The highest BCUT2D eigenvalue weighted by molar-refractivity contribution is 4.93. The Kier molecular flexibility index (Phi) is 4.40. The van der Waals surface area contributed by atoms with Gasteiger partial charge in [-0.05, 0) is 19.0 Å². The molecule has 0 aromatic carbocycles. The Balaban J connectivity index is 2.67. The molecule has 0 saturated heterocycles. The van der Waals surface area contributed by atoms with E-state index < -0.39 is 0 Å². The lowest BCUT2D eigenvalue weighted by Gasteiger charge is -2.16. The number of nitrogens with one attached hydrogen (secondary N) is 1. The van der Waals surface area contributed by atoms with Gasteiger partial charge in [0.2, 0.25) is 0 Å². The molecule has 1 unspecified atom stereocenters. The van der Waals surface area contributed by atoms with Gasteiger partial charge in [-0.25, -0.2) is 0 Å². The molecule has 0 amide bonds. The molecule has 0 aliphatic rings. The van der Waals surface area contributed by atoms with Gasteiger partial charge in [-0.15, -0.1) is 0 Å². The van der Waals surface area contributed by atoms with E-state index in [2.05, 4.69) is 19.2 Å². The van der Waals surface area contributed by atoms with Crippen LogP contribution in [-0.2, 0) is 6.54 Å². The number of pyridine rings is 1. The number of aromatic nitrogens is 1. The minimum atomic E-state index is 0.0730. The van der Waals surface area contributed by atoms with Crippen molar-refractivity contribution in [1.29, 1.82) is 0 Å². The normalized spacial score (nSPS) is 12.7. The Morgan fingerprint density at radius 1 is 1.43 bits per heavy atom. The van der Waals surface area contributed by atoms with Crippen molar-refractivity contribution >= 4 is 0 Å². The molecule has 1 rings (SSSR count). The zero-order valence-corrected chi connectivity index (χ0v) is 8.86. The lowest BCUT2D eigenvalue weighted by molar-refractivity contribution is 0.440. The zero-order valence-electron chi connectivity index (χ0n) is 8.86. The summed E-state index contributed by atoms with van der Waals surface area (Å²) in [5.74, 6) is 0. The van der Waals surface area contributed by atoms with Gasteiger partial charge in [0.25, 0.3) is 5.56 Å². The van der Waals surface area contributed by atoms with Crippen LogP contribution in [0.1, 0.15) is 20.3 Å². The summed E-state index contributed by atoms with van der Waals surface area (Å²) in [5, 5.41) is 3.35. The quantitative estimate of drug-likeness (QED) is 0.765. The Hall–Kier alpha value is -1.09. The largest absolute Gasteiger partial charge is 0.314 e. The van der Waals surface area contributed by atoms with E-state index in [9.17, 15) is 4.79 Å². The molecule has 0 aliphatic heterocycles. The van der Waals surface area contributed by atoms with Gasteiger partial charge in [0, 0.05) is 24.8 Å². The van der Waals surface area contributed by atoms with E-state index >= 15 is 0 Å². The van der Waals surface area contributed by atoms with Crippen molar-refractivity contribution in [2.45, 2.75) is 32.9 Å². The molecule has 0 saturated carbocycles. The summed E-state index contributed by atoms with van der Waals surface area (Å²) in [4.78, 5) is 11.4.